The Morgan fingerprint density at radius 3 is 2.67 bits per heavy atom. The highest BCUT2D eigenvalue weighted by molar-refractivity contribution is 5.36. The lowest BCUT2D eigenvalue weighted by Gasteiger charge is -2.21. The molecule has 0 aromatic heterocycles. The molecule has 21 heavy (non-hydrogen) atoms. The molecule has 0 spiro atoms. The first-order valence-electron chi connectivity index (χ1n) is 7.27. The maximum absolute atomic E-state index is 14.2. The molecule has 0 heterocycles. The Kier molecular flexibility index (Phi) is 5.34. The molecule has 0 radical (unpaired) electrons. The lowest BCUT2D eigenvalue weighted by Crippen LogP contribution is -2.24. The Labute approximate surface area is 126 Å². The van der Waals surface area contributed by atoms with Crippen LogP contribution < -0.4 is 10.1 Å². The number of hydrogen-bond donors (Lipinski definition) is 1. The number of benzene rings is 2. The smallest absolute Gasteiger partial charge is 0.128 e. The van der Waals surface area contributed by atoms with Crippen molar-refractivity contribution >= 4 is 0 Å². The number of likely N-dealkylation sites (N-methyl/N-ethyl adjacent to an activating group) is 1. The average molecular weight is 287 g/mol. The van der Waals surface area contributed by atoms with Crippen molar-refractivity contribution in [2.45, 2.75) is 26.3 Å². The minimum absolute atomic E-state index is 0.0637. The second-order valence-corrected chi connectivity index (χ2v) is 5.15. The predicted octanol–water partition coefficient (Wildman–Crippen LogP) is 4.04. The number of halogens is 1. The minimum Gasteiger partial charge on any atom is -0.496 e. The maximum Gasteiger partial charge on any atom is 0.128 e. The second-order valence-electron chi connectivity index (χ2n) is 5.15. The van der Waals surface area contributed by atoms with Gasteiger partial charge >= 0.3 is 0 Å². The fourth-order valence-electron chi connectivity index (χ4n) is 2.56. The molecule has 2 aromatic carbocycles. The Morgan fingerprint density at radius 1 is 1.19 bits per heavy atom. The molecule has 112 valence electrons. The van der Waals surface area contributed by atoms with E-state index in [-0.39, 0.29) is 11.9 Å². The fourth-order valence-corrected chi connectivity index (χ4v) is 2.56. The Morgan fingerprint density at radius 2 is 1.95 bits per heavy atom. The van der Waals surface area contributed by atoms with Gasteiger partial charge < -0.3 is 10.1 Å². The van der Waals surface area contributed by atoms with Crippen LogP contribution in [0.1, 0.15) is 29.7 Å². The summed E-state index contributed by atoms with van der Waals surface area (Å²) in [4.78, 5) is 0. The van der Waals surface area contributed by atoms with Gasteiger partial charge in [-0.15, -0.1) is 0 Å². The number of methoxy groups -OCH3 is 1. The van der Waals surface area contributed by atoms with Crippen LogP contribution in [-0.2, 0) is 6.42 Å². The van der Waals surface area contributed by atoms with E-state index in [1.807, 2.05) is 44.2 Å². The summed E-state index contributed by atoms with van der Waals surface area (Å²) < 4.78 is 19.5. The van der Waals surface area contributed by atoms with E-state index in [4.69, 9.17) is 4.74 Å². The number of hydrogen-bond acceptors (Lipinski definition) is 2. The number of nitrogens with one attached hydrogen (secondary N) is 1. The van der Waals surface area contributed by atoms with Gasteiger partial charge in [-0.2, -0.15) is 0 Å². The van der Waals surface area contributed by atoms with Gasteiger partial charge in [-0.25, -0.2) is 4.39 Å². The van der Waals surface area contributed by atoms with Gasteiger partial charge in [0.2, 0.25) is 0 Å². The molecule has 0 bridgehead atoms. The van der Waals surface area contributed by atoms with E-state index < -0.39 is 0 Å². The molecule has 2 nitrogen and oxygen atoms in total. The molecule has 0 saturated carbocycles. The third-order valence-electron chi connectivity index (χ3n) is 3.59. The molecule has 1 unspecified atom stereocenters. The zero-order valence-corrected chi connectivity index (χ0v) is 12.8. The van der Waals surface area contributed by atoms with Crippen LogP contribution in [0.2, 0.25) is 0 Å². The summed E-state index contributed by atoms with van der Waals surface area (Å²) in [7, 11) is 1.66. The van der Waals surface area contributed by atoms with E-state index >= 15 is 0 Å². The van der Waals surface area contributed by atoms with Gasteiger partial charge in [-0.1, -0.05) is 42.8 Å². The lowest BCUT2D eigenvalue weighted by atomic mass is 9.96. The average Bonchev–Trinajstić information content (AvgIpc) is 2.50. The number of aryl methyl sites for hydroxylation is 1. The van der Waals surface area contributed by atoms with Gasteiger partial charge in [0.1, 0.15) is 11.6 Å². The van der Waals surface area contributed by atoms with E-state index in [2.05, 4.69) is 5.32 Å². The number of para-hydroxylation sites is 1. The van der Waals surface area contributed by atoms with Crippen molar-refractivity contribution in [1.82, 2.24) is 5.32 Å². The van der Waals surface area contributed by atoms with Crippen molar-refractivity contribution in [2.75, 3.05) is 13.7 Å². The third kappa shape index (κ3) is 3.82. The van der Waals surface area contributed by atoms with Crippen LogP contribution in [0.15, 0.2) is 42.5 Å². The van der Waals surface area contributed by atoms with Gasteiger partial charge in [0.25, 0.3) is 0 Å². The van der Waals surface area contributed by atoms with Gasteiger partial charge in [-0.3, -0.25) is 0 Å². The summed E-state index contributed by atoms with van der Waals surface area (Å²) in [5.74, 6) is 0.676. The van der Waals surface area contributed by atoms with Gasteiger partial charge in [0, 0.05) is 11.6 Å². The molecule has 2 rings (SSSR count). The van der Waals surface area contributed by atoms with Crippen LogP contribution in [0.3, 0.4) is 0 Å². The molecule has 0 saturated heterocycles. The number of rotatable bonds is 6. The van der Waals surface area contributed by atoms with Crippen molar-refractivity contribution in [2.24, 2.45) is 0 Å². The third-order valence-corrected chi connectivity index (χ3v) is 3.59. The molecule has 0 fully saturated rings. The highest BCUT2D eigenvalue weighted by Crippen LogP contribution is 2.27. The first-order chi connectivity index (χ1) is 10.2. The standard InChI is InChI=1S/C18H22FNO/c1-4-20-17(15-11-13(2)9-10-16(15)19)12-14-7-5-6-8-18(14)21-3/h5-11,17,20H,4,12H2,1-3H3. The van der Waals surface area contributed by atoms with Crippen molar-refractivity contribution in [3.8, 4) is 5.75 Å². The maximum atomic E-state index is 14.2. The largest absolute Gasteiger partial charge is 0.496 e. The van der Waals surface area contributed by atoms with E-state index in [0.717, 1.165) is 23.4 Å². The van der Waals surface area contributed by atoms with Crippen molar-refractivity contribution in [1.29, 1.82) is 0 Å². The summed E-state index contributed by atoms with van der Waals surface area (Å²) in [6.07, 6.45) is 0.693. The monoisotopic (exact) mass is 287 g/mol. The molecule has 0 aliphatic heterocycles. The van der Waals surface area contributed by atoms with E-state index in [0.29, 0.717) is 12.0 Å². The molecule has 2 aromatic rings. The quantitative estimate of drug-likeness (QED) is 0.866. The summed E-state index contributed by atoms with van der Waals surface area (Å²) >= 11 is 0. The second kappa shape index (κ2) is 7.23. The Hall–Kier alpha value is -1.87. The normalized spacial score (nSPS) is 12.2. The predicted molar refractivity (Wildman–Crippen MR) is 84.3 cm³/mol. The van der Waals surface area contributed by atoms with Crippen molar-refractivity contribution in [3.63, 3.8) is 0 Å². The zero-order valence-electron chi connectivity index (χ0n) is 12.8. The summed E-state index contributed by atoms with van der Waals surface area (Å²) in [6, 6.07) is 13.1. The highest BCUT2D eigenvalue weighted by Gasteiger charge is 2.17. The van der Waals surface area contributed by atoms with E-state index in [1.165, 1.54) is 6.07 Å². The molecule has 1 N–H and O–H groups in total. The molecule has 0 aliphatic carbocycles. The van der Waals surface area contributed by atoms with Crippen LogP contribution in [0.4, 0.5) is 4.39 Å². The van der Waals surface area contributed by atoms with E-state index in [9.17, 15) is 4.39 Å². The molecule has 0 aliphatic rings. The van der Waals surface area contributed by atoms with Crippen LogP contribution in [0, 0.1) is 12.7 Å². The Balaban J connectivity index is 2.33. The summed E-state index contributed by atoms with van der Waals surface area (Å²) in [5.41, 5.74) is 2.85. The van der Waals surface area contributed by atoms with Crippen LogP contribution in [-0.4, -0.2) is 13.7 Å². The minimum atomic E-state index is -0.165. The van der Waals surface area contributed by atoms with Gasteiger partial charge in [0.05, 0.1) is 7.11 Å². The SMILES string of the molecule is CCNC(Cc1ccccc1OC)c1cc(C)ccc1F. The van der Waals surface area contributed by atoms with Crippen LogP contribution in [0.5, 0.6) is 5.75 Å². The highest BCUT2D eigenvalue weighted by atomic mass is 19.1. The first-order valence-corrected chi connectivity index (χ1v) is 7.27. The van der Waals surface area contributed by atoms with Crippen LogP contribution >= 0.6 is 0 Å². The topological polar surface area (TPSA) is 21.3 Å². The van der Waals surface area contributed by atoms with Gasteiger partial charge in [-0.05, 0) is 37.6 Å². The fraction of sp³-hybridized carbons (Fsp3) is 0.333. The van der Waals surface area contributed by atoms with Gasteiger partial charge in [0.15, 0.2) is 0 Å². The lowest BCUT2D eigenvalue weighted by molar-refractivity contribution is 0.404. The molecular formula is C18H22FNO. The van der Waals surface area contributed by atoms with E-state index in [1.54, 1.807) is 13.2 Å². The number of ether oxygens (including phenoxy) is 1. The molecule has 3 heteroatoms. The summed E-state index contributed by atoms with van der Waals surface area (Å²) in [6.45, 7) is 4.80. The molecule has 1 atom stereocenters. The molecule has 0 amide bonds. The zero-order chi connectivity index (χ0) is 15.2. The first kappa shape index (κ1) is 15.5. The Bertz CT molecular complexity index is 598. The van der Waals surface area contributed by atoms with Crippen LogP contribution in [0.25, 0.3) is 0 Å². The van der Waals surface area contributed by atoms with Crippen molar-refractivity contribution < 1.29 is 9.13 Å². The summed E-state index contributed by atoms with van der Waals surface area (Å²) in [5, 5.41) is 3.37. The molecular weight excluding hydrogens is 265 g/mol. The van der Waals surface area contributed by atoms with Crippen molar-refractivity contribution in [3.05, 3.63) is 65.0 Å².